The van der Waals surface area contributed by atoms with Crippen LogP contribution in [0, 0.1) is 11.3 Å². The van der Waals surface area contributed by atoms with Gasteiger partial charge >= 0.3 is 0 Å². The predicted molar refractivity (Wildman–Crippen MR) is 77.9 cm³/mol. The molecule has 1 aliphatic carbocycles. The first-order valence-corrected chi connectivity index (χ1v) is 7.27. The molecule has 1 aliphatic rings. The minimum absolute atomic E-state index is 0.0746. The fourth-order valence-corrected chi connectivity index (χ4v) is 2.54. The summed E-state index contributed by atoms with van der Waals surface area (Å²) < 4.78 is 0. The Kier molecular flexibility index (Phi) is 5.57. The van der Waals surface area contributed by atoms with Gasteiger partial charge in [-0.2, -0.15) is 5.26 Å². The monoisotopic (exact) mass is 271 g/mol. The molecule has 2 rings (SSSR count). The van der Waals surface area contributed by atoms with E-state index in [4.69, 9.17) is 5.26 Å². The van der Waals surface area contributed by atoms with Crippen molar-refractivity contribution in [3.63, 3.8) is 0 Å². The van der Waals surface area contributed by atoms with Crippen molar-refractivity contribution in [2.24, 2.45) is 0 Å². The first kappa shape index (κ1) is 14.5. The molecule has 0 aliphatic heterocycles. The number of hydrogen-bond acceptors (Lipinski definition) is 3. The summed E-state index contributed by atoms with van der Waals surface area (Å²) in [5.74, 6) is 0.0746. The molecule has 4 nitrogen and oxygen atoms in total. The van der Waals surface area contributed by atoms with Crippen molar-refractivity contribution >= 4 is 5.91 Å². The van der Waals surface area contributed by atoms with Gasteiger partial charge < -0.3 is 10.6 Å². The van der Waals surface area contributed by atoms with Crippen LogP contribution in [0.5, 0.6) is 0 Å². The minimum Gasteiger partial charge on any atom is -0.352 e. The van der Waals surface area contributed by atoms with E-state index in [1.165, 1.54) is 19.3 Å². The largest absolute Gasteiger partial charge is 0.352 e. The number of hydrogen-bond donors (Lipinski definition) is 2. The average Bonchev–Trinajstić information content (AvgIpc) is 2.49. The van der Waals surface area contributed by atoms with E-state index in [0.717, 1.165) is 18.4 Å². The fourth-order valence-electron chi connectivity index (χ4n) is 2.54. The zero-order valence-corrected chi connectivity index (χ0v) is 11.7. The summed E-state index contributed by atoms with van der Waals surface area (Å²) in [6.45, 7) is 0.986. The Morgan fingerprint density at radius 1 is 1.20 bits per heavy atom. The van der Waals surface area contributed by atoms with Gasteiger partial charge in [-0.05, 0) is 30.5 Å². The SMILES string of the molecule is N#Cc1ccc(CNCC(=O)NC2CCCCC2)cc1. The van der Waals surface area contributed by atoms with Crippen LogP contribution in [-0.2, 0) is 11.3 Å². The Bertz CT molecular complexity index is 469. The summed E-state index contributed by atoms with van der Waals surface area (Å²) in [5.41, 5.74) is 1.73. The van der Waals surface area contributed by atoms with Gasteiger partial charge in [-0.15, -0.1) is 0 Å². The van der Waals surface area contributed by atoms with Gasteiger partial charge in [0, 0.05) is 12.6 Å². The lowest BCUT2D eigenvalue weighted by Gasteiger charge is -2.22. The Labute approximate surface area is 120 Å². The molecular formula is C16H21N3O. The molecule has 1 amide bonds. The molecule has 0 aromatic heterocycles. The van der Waals surface area contributed by atoms with Crippen LogP contribution in [0.15, 0.2) is 24.3 Å². The van der Waals surface area contributed by atoms with Crippen molar-refractivity contribution in [1.82, 2.24) is 10.6 Å². The van der Waals surface area contributed by atoms with Gasteiger partial charge in [-0.3, -0.25) is 4.79 Å². The highest BCUT2D eigenvalue weighted by Gasteiger charge is 2.14. The molecule has 0 unspecified atom stereocenters. The van der Waals surface area contributed by atoms with Crippen molar-refractivity contribution in [2.45, 2.75) is 44.7 Å². The van der Waals surface area contributed by atoms with E-state index in [9.17, 15) is 4.79 Å². The van der Waals surface area contributed by atoms with Gasteiger partial charge in [0.2, 0.25) is 5.91 Å². The maximum Gasteiger partial charge on any atom is 0.234 e. The summed E-state index contributed by atoms with van der Waals surface area (Å²) in [4.78, 5) is 11.8. The molecule has 106 valence electrons. The first-order valence-electron chi connectivity index (χ1n) is 7.27. The van der Waals surface area contributed by atoms with Crippen LogP contribution in [-0.4, -0.2) is 18.5 Å². The number of carbonyl (C=O) groups excluding carboxylic acids is 1. The van der Waals surface area contributed by atoms with E-state index in [-0.39, 0.29) is 5.91 Å². The maximum atomic E-state index is 11.8. The molecule has 2 N–H and O–H groups in total. The lowest BCUT2D eigenvalue weighted by Crippen LogP contribution is -2.41. The molecule has 1 aromatic carbocycles. The molecule has 1 aromatic rings. The molecule has 0 atom stereocenters. The molecular weight excluding hydrogens is 250 g/mol. The standard InChI is InChI=1S/C16H21N3O/c17-10-13-6-8-14(9-7-13)11-18-12-16(20)19-15-4-2-1-3-5-15/h6-9,15,18H,1-5,11-12H2,(H,19,20). The smallest absolute Gasteiger partial charge is 0.234 e. The zero-order chi connectivity index (χ0) is 14.2. The summed E-state index contributed by atoms with van der Waals surface area (Å²) in [6, 6.07) is 9.85. The van der Waals surface area contributed by atoms with Gasteiger partial charge in [0.05, 0.1) is 18.2 Å². The summed E-state index contributed by atoms with van der Waals surface area (Å²) in [6.07, 6.45) is 5.97. The predicted octanol–water partition coefficient (Wildman–Crippen LogP) is 2.10. The third-order valence-electron chi connectivity index (χ3n) is 3.67. The van der Waals surface area contributed by atoms with Crippen LogP contribution < -0.4 is 10.6 Å². The van der Waals surface area contributed by atoms with Crippen LogP contribution in [0.2, 0.25) is 0 Å². The second-order valence-corrected chi connectivity index (χ2v) is 5.31. The Balaban J connectivity index is 1.66. The zero-order valence-electron chi connectivity index (χ0n) is 11.7. The summed E-state index contributed by atoms with van der Waals surface area (Å²) >= 11 is 0. The van der Waals surface area contributed by atoms with E-state index in [0.29, 0.717) is 24.7 Å². The minimum atomic E-state index is 0.0746. The molecule has 0 heterocycles. The highest BCUT2D eigenvalue weighted by molar-refractivity contribution is 5.78. The third-order valence-corrected chi connectivity index (χ3v) is 3.67. The van der Waals surface area contributed by atoms with Crippen LogP contribution in [0.1, 0.15) is 43.2 Å². The molecule has 0 bridgehead atoms. The number of nitrogens with zero attached hydrogens (tertiary/aromatic N) is 1. The normalized spacial score (nSPS) is 15.6. The quantitative estimate of drug-likeness (QED) is 0.862. The van der Waals surface area contributed by atoms with Gasteiger partial charge in [0.1, 0.15) is 0 Å². The van der Waals surface area contributed by atoms with Gasteiger partial charge in [-0.25, -0.2) is 0 Å². The van der Waals surface area contributed by atoms with Crippen LogP contribution in [0.25, 0.3) is 0 Å². The number of rotatable bonds is 5. The molecule has 0 radical (unpaired) electrons. The Morgan fingerprint density at radius 3 is 2.55 bits per heavy atom. The third kappa shape index (κ3) is 4.67. The second-order valence-electron chi connectivity index (χ2n) is 5.31. The average molecular weight is 271 g/mol. The number of benzene rings is 1. The van der Waals surface area contributed by atoms with Gasteiger partial charge in [-0.1, -0.05) is 31.4 Å². The van der Waals surface area contributed by atoms with Gasteiger partial charge in [0.25, 0.3) is 0 Å². The van der Waals surface area contributed by atoms with Crippen molar-refractivity contribution in [1.29, 1.82) is 5.26 Å². The molecule has 20 heavy (non-hydrogen) atoms. The molecule has 4 heteroatoms. The molecule has 0 saturated heterocycles. The molecule has 1 fully saturated rings. The van der Waals surface area contributed by atoms with E-state index >= 15 is 0 Å². The topological polar surface area (TPSA) is 64.9 Å². The Hall–Kier alpha value is -1.86. The Morgan fingerprint density at radius 2 is 1.90 bits per heavy atom. The number of nitrogens with one attached hydrogen (secondary N) is 2. The van der Waals surface area contributed by atoms with E-state index < -0.39 is 0 Å². The van der Waals surface area contributed by atoms with E-state index in [1.807, 2.05) is 12.1 Å². The highest BCUT2D eigenvalue weighted by Crippen LogP contribution is 2.17. The summed E-state index contributed by atoms with van der Waals surface area (Å²) in [7, 11) is 0. The van der Waals surface area contributed by atoms with Gasteiger partial charge in [0.15, 0.2) is 0 Å². The van der Waals surface area contributed by atoms with Crippen LogP contribution >= 0.6 is 0 Å². The second kappa shape index (κ2) is 7.66. The lowest BCUT2D eigenvalue weighted by atomic mass is 9.95. The number of carbonyl (C=O) groups is 1. The van der Waals surface area contributed by atoms with Crippen molar-refractivity contribution in [3.05, 3.63) is 35.4 Å². The molecule has 0 spiro atoms. The van der Waals surface area contributed by atoms with E-state index in [1.54, 1.807) is 12.1 Å². The number of nitriles is 1. The first-order chi connectivity index (χ1) is 9.78. The highest BCUT2D eigenvalue weighted by atomic mass is 16.1. The van der Waals surface area contributed by atoms with E-state index in [2.05, 4.69) is 16.7 Å². The fraction of sp³-hybridized carbons (Fsp3) is 0.500. The lowest BCUT2D eigenvalue weighted by molar-refractivity contribution is -0.121. The molecule has 1 saturated carbocycles. The van der Waals surface area contributed by atoms with Crippen LogP contribution in [0.4, 0.5) is 0 Å². The van der Waals surface area contributed by atoms with Crippen LogP contribution in [0.3, 0.4) is 0 Å². The maximum absolute atomic E-state index is 11.8. The van der Waals surface area contributed by atoms with Crippen molar-refractivity contribution in [2.75, 3.05) is 6.54 Å². The number of amides is 1. The van der Waals surface area contributed by atoms with Crippen molar-refractivity contribution in [3.8, 4) is 6.07 Å². The van der Waals surface area contributed by atoms with Crippen molar-refractivity contribution < 1.29 is 4.79 Å². The summed E-state index contributed by atoms with van der Waals surface area (Å²) in [5, 5.41) is 14.9.